The monoisotopic (exact) mass is 338 g/mol. The van der Waals surface area contributed by atoms with Crippen molar-refractivity contribution in [1.82, 2.24) is 9.97 Å². The van der Waals surface area contributed by atoms with Gasteiger partial charge in [-0.3, -0.25) is 4.72 Å². The van der Waals surface area contributed by atoms with E-state index >= 15 is 0 Å². The van der Waals surface area contributed by atoms with Crippen LogP contribution in [0.1, 0.15) is 17.0 Å². The number of hydrogen-bond donors (Lipinski definition) is 1. The molecule has 1 N–H and O–H groups in total. The van der Waals surface area contributed by atoms with Crippen molar-refractivity contribution >= 4 is 21.7 Å². The zero-order valence-corrected chi connectivity index (χ0v) is 14.3. The summed E-state index contributed by atoms with van der Waals surface area (Å²) in [7, 11) is -0.0777. The number of benzene rings is 1. The smallest absolute Gasteiger partial charge is 0.237 e. The Balaban J connectivity index is 2.27. The Kier molecular flexibility index (Phi) is 4.84. The van der Waals surface area contributed by atoms with E-state index in [1.807, 2.05) is 14.1 Å². The molecule has 2 aromatic rings. The molecule has 0 amide bonds. The van der Waals surface area contributed by atoms with E-state index in [0.29, 0.717) is 28.6 Å². The molecule has 0 fully saturated rings. The van der Waals surface area contributed by atoms with Gasteiger partial charge >= 0.3 is 0 Å². The average molecular weight is 338 g/mol. The fourth-order valence-corrected chi connectivity index (χ4v) is 3.38. The van der Waals surface area contributed by atoms with Crippen LogP contribution in [0.5, 0.6) is 0 Å². The molecule has 0 aliphatic carbocycles. The Morgan fingerprint density at radius 2 is 1.78 bits per heavy atom. The molecule has 0 saturated heterocycles. The van der Waals surface area contributed by atoms with E-state index in [2.05, 4.69) is 14.7 Å². The molecule has 0 aliphatic rings. The molecule has 0 bridgehead atoms. The normalized spacial score (nSPS) is 11.3. The first kappa shape index (κ1) is 17.1. The molecule has 8 heteroatoms. The van der Waals surface area contributed by atoms with Crippen molar-refractivity contribution < 1.29 is 12.8 Å². The van der Waals surface area contributed by atoms with Gasteiger partial charge in [0.1, 0.15) is 5.82 Å². The molecular weight excluding hydrogens is 319 g/mol. The Morgan fingerprint density at radius 1 is 1.17 bits per heavy atom. The summed E-state index contributed by atoms with van der Waals surface area (Å²) in [6.45, 7) is 3.42. The SMILES string of the molecule is Cc1nc(N(C)C)nc(C)c1NS(=O)(=O)Cc1cccc(F)c1. The van der Waals surface area contributed by atoms with Crippen LogP contribution in [-0.4, -0.2) is 32.5 Å². The van der Waals surface area contributed by atoms with Crippen LogP contribution >= 0.6 is 0 Å². The molecule has 1 aromatic heterocycles. The fraction of sp³-hybridized carbons (Fsp3) is 0.333. The highest BCUT2D eigenvalue weighted by Gasteiger charge is 2.17. The molecule has 0 saturated carbocycles. The highest BCUT2D eigenvalue weighted by atomic mass is 32.2. The van der Waals surface area contributed by atoms with Gasteiger partial charge in [-0.1, -0.05) is 12.1 Å². The highest BCUT2D eigenvalue weighted by Crippen LogP contribution is 2.22. The minimum absolute atomic E-state index is 0.320. The minimum Gasteiger partial charge on any atom is -0.347 e. The van der Waals surface area contributed by atoms with Crippen molar-refractivity contribution in [1.29, 1.82) is 0 Å². The fourth-order valence-electron chi connectivity index (χ4n) is 2.08. The van der Waals surface area contributed by atoms with Crippen LogP contribution in [0.15, 0.2) is 24.3 Å². The van der Waals surface area contributed by atoms with Crippen LogP contribution in [0.4, 0.5) is 16.0 Å². The maximum atomic E-state index is 13.2. The number of hydrogen-bond acceptors (Lipinski definition) is 5. The molecule has 124 valence electrons. The lowest BCUT2D eigenvalue weighted by atomic mass is 10.2. The maximum absolute atomic E-state index is 13.2. The summed E-state index contributed by atoms with van der Waals surface area (Å²) in [5.74, 6) is -0.282. The van der Waals surface area contributed by atoms with E-state index < -0.39 is 15.8 Å². The van der Waals surface area contributed by atoms with Gasteiger partial charge in [-0.05, 0) is 31.5 Å². The Bertz CT molecular complexity index is 799. The summed E-state index contributed by atoms with van der Waals surface area (Å²) in [6.07, 6.45) is 0. The molecule has 23 heavy (non-hydrogen) atoms. The van der Waals surface area contributed by atoms with E-state index in [0.717, 1.165) is 0 Å². The maximum Gasteiger partial charge on any atom is 0.237 e. The van der Waals surface area contributed by atoms with Gasteiger partial charge in [0.2, 0.25) is 16.0 Å². The molecule has 0 atom stereocenters. The minimum atomic E-state index is -3.69. The second kappa shape index (κ2) is 6.49. The van der Waals surface area contributed by atoms with Crippen molar-refractivity contribution in [3.63, 3.8) is 0 Å². The zero-order chi connectivity index (χ0) is 17.2. The van der Waals surface area contributed by atoms with Gasteiger partial charge in [-0.15, -0.1) is 0 Å². The van der Waals surface area contributed by atoms with Crippen LogP contribution in [-0.2, 0) is 15.8 Å². The third kappa shape index (κ3) is 4.38. The molecule has 6 nitrogen and oxygen atoms in total. The third-order valence-corrected chi connectivity index (χ3v) is 4.39. The molecule has 1 aromatic carbocycles. The number of nitrogens with zero attached hydrogens (tertiary/aromatic N) is 3. The summed E-state index contributed by atoms with van der Waals surface area (Å²) < 4.78 is 40.3. The summed E-state index contributed by atoms with van der Waals surface area (Å²) in [5, 5.41) is 0. The molecule has 0 unspecified atom stereocenters. The number of aromatic nitrogens is 2. The van der Waals surface area contributed by atoms with E-state index in [-0.39, 0.29) is 5.75 Å². The van der Waals surface area contributed by atoms with E-state index in [1.54, 1.807) is 24.8 Å². The quantitative estimate of drug-likeness (QED) is 0.905. The summed E-state index contributed by atoms with van der Waals surface area (Å²) in [6, 6.07) is 5.51. The number of halogens is 1. The van der Waals surface area contributed by atoms with Crippen molar-refractivity contribution in [2.45, 2.75) is 19.6 Å². The summed E-state index contributed by atoms with van der Waals surface area (Å²) in [4.78, 5) is 10.3. The molecule has 0 radical (unpaired) electrons. The van der Waals surface area contributed by atoms with Crippen molar-refractivity contribution in [3.05, 3.63) is 47.0 Å². The van der Waals surface area contributed by atoms with Gasteiger partial charge in [0, 0.05) is 14.1 Å². The first-order valence-corrected chi connectivity index (χ1v) is 8.60. The third-order valence-electron chi connectivity index (χ3n) is 3.16. The van der Waals surface area contributed by atoms with Crippen LogP contribution in [0.2, 0.25) is 0 Å². The van der Waals surface area contributed by atoms with E-state index in [4.69, 9.17) is 0 Å². The van der Waals surface area contributed by atoms with Crippen LogP contribution in [0.25, 0.3) is 0 Å². The van der Waals surface area contributed by atoms with Gasteiger partial charge in [0.25, 0.3) is 0 Å². The molecular formula is C15H19FN4O2S. The van der Waals surface area contributed by atoms with Gasteiger partial charge in [-0.25, -0.2) is 22.8 Å². The predicted molar refractivity (Wildman–Crippen MR) is 88.5 cm³/mol. The largest absolute Gasteiger partial charge is 0.347 e. The predicted octanol–water partition coefficient (Wildman–Crippen LogP) is 2.24. The highest BCUT2D eigenvalue weighted by molar-refractivity contribution is 7.91. The first-order valence-electron chi connectivity index (χ1n) is 6.95. The Morgan fingerprint density at radius 3 is 2.30 bits per heavy atom. The summed E-state index contributed by atoms with van der Waals surface area (Å²) >= 11 is 0. The van der Waals surface area contributed by atoms with Crippen LogP contribution in [0.3, 0.4) is 0 Å². The zero-order valence-electron chi connectivity index (χ0n) is 13.5. The second-order valence-corrected chi connectivity index (χ2v) is 7.18. The van der Waals surface area contributed by atoms with Crippen LogP contribution in [0, 0.1) is 19.7 Å². The summed E-state index contributed by atoms with van der Waals surface area (Å²) in [5.41, 5.74) is 1.79. The van der Waals surface area contributed by atoms with Gasteiger partial charge in [0.05, 0.1) is 22.8 Å². The number of nitrogens with one attached hydrogen (secondary N) is 1. The number of rotatable bonds is 5. The van der Waals surface area contributed by atoms with Crippen molar-refractivity contribution in [3.8, 4) is 0 Å². The van der Waals surface area contributed by atoms with Crippen molar-refractivity contribution in [2.24, 2.45) is 0 Å². The lowest BCUT2D eigenvalue weighted by Crippen LogP contribution is -2.19. The Labute approximate surface area is 135 Å². The second-order valence-electron chi connectivity index (χ2n) is 5.45. The molecule has 0 spiro atoms. The van der Waals surface area contributed by atoms with Crippen LogP contribution < -0.4 is 9.62 Å². The topological polar surface area (TPSA) is 75.2 Å². The average Bonchev–Trinajstić information content (AvgIpc) is 2.42. The first-order chi connectivity index (χ1) is 10.7. The van der Waals surface area contributed by atoms with E-state index in [1.165, 1.54) is 18.2 Å². The molecule has 0 aliphatic heterocycles. The van der Waals surface area contributed by atoms with E-state index in [9.17, 15) is 12.8 Å². The lowest BCUT2D eigenvalue weighted by molar-refractivity contribution is 0.599. The Hall–Kier alpha value is -2.22. The van der Waals surface area contributed by atoms with Gasteiger partial charge < -0.3 is 4.90 Å². The number of sulfonamides is 1. The van der Waals surface area contributed by atoms with Gasteiger partial charge in [-0.2, -0.15) is 0 Å². The number of anilines is 2. The lowest BCUT2D eigenvalue weighted by Gasteiger charge is -2.16. The number of aryl methyl sites for hydroxylation is 2. The van der Waals surface area contributed by atoms with Gasteiger partial charge in [0.15, 0.2) is 0 Å². The standard InChI is InChI=1S/C15H19FN4O2S/c1-10-14(11(2)18-15(17-10)20(3)4)19-23(21,22)9-12-6-5-7-13(16)8-12/h5-8,19H,9H2,1-4H3. The molecule has 2 rings (SSSR count). The molecule has 1 heterocycles. The van der Waals surface area contributed by atoms with Crippen molar-refractivity contribution in [2.75, 3.05) is 23.7 Å².